The van der Waals surface area contributed by atoms with Crippen molar-refractivity contribution in [1.29, 1.82) is 0 Å². The molecule has 2 aromatic rings. The van der Waals surface area contributed by atoms with Crippen LogP contribution in [0.4, 0.5) is 9.18 Å². The van der Waals surface area contributed by atoms with Crippen molar-refractivity contribution < 1.29 is 14.0 Å². The van der Waals surface area contributed by atoms with Gasteiger partial charge in [-0.15, -0.1) is 0 Å². The Morgan fingerprint density at radius 1 is 1.04 bits per heavy atom. The molecule has 0 atom stereocenters. The zero-order chi connectivity index (χ0) is 18.1. The Morgan fingerprint density at radius 3 is 2.24 bits per heavy atom. The zero-order valence-electron chi connectivity index (χ0n) is 14.4. The number of hydrogen-bond donors (Lipinski definition) is 1. The first-order valence-electron chi connectivity index (χ1n) is 8.02. The molecule has 3 amide bonds. The van der Waals surface area contributed by atoms with Crippen LogP contribution in [0.25, 0.3) is 6.08 Å². The summed E-state index contributed by atoms with van der Waals surface area (Å²) in [4.78, 5) is 25.9. The summed E-state index contributed by atoms with van der Waals surface area (Å²) in [6, 6.07) is 9.35. The average molecular weight is 338 g/mol. The van der Waals surface area contributed by atoms with E-state index in [4.69, 9.17) is 0 Å². The van der Waals surface area contributed by atoms with Gasteiger partial charge < -0.3 is 5.32 Å². The van der Waals surface area contributed by atoms with Gasteiger partial charge in [-0.05, 0) is 61.2 Å². The van der Waals surface area contributed by atoms with E-state index in [2.05, 4.69) is 5.32 Å². The predicted octanol–water partition coefficient (Wildman–Crippen LogP) is 3.84. The summed E-state index contributed by atoms with van der Waals surface area (Å²) in [5, 5.41) is 2.63. The summed E-state index contributed by atoms with van der Waals surface area (Å²) < 4.78 is 13.0. The molecule has 1 aliphatic rings. The second kappa shape index (κ2) is 6.51. The van der Waals surface area contributed by atoms with Crippen molar-refractivity contribution in [3.8, 4) is 0 Å². The lowest BCUT2D eigenvalue weighted by atomic mass is 9.99. The maximum atomic E-state index is 13.0. The van der Waals surface area contributed by atoms with E-state index in [1.807, 2.05) is 32.9 Å². The van der Waals surface area contributed by atoms with Gasteiger partial charge in [-0.1, -0.05) is 29.8 Å². The number of carbonyl (C=O) groups is 2. The van der Waals surface area contributed by atoms with Crippen molar-refractivity contribution in [2.24, 2.45) is 0 Å². The number of nitrogens with one attached hydrogen (secondary N) is 1. The summed E-state index contributed by atoms with van der Waals surface area (Å²) in [6.45, 7) is 6.08. The van der Waals surface area contributed by atoms with Crippen LogP contribution in [-0.2, 0) is 11.3 Å². The number of imide groups is 1. The molecule has 0 spiro atoms. The molecule has 4 nitrogen and oxygen atoms in total. The maximum Gasteiger partial charge on any atom is 0.329 e. The Morgan fingerprint density at radius 2 is 1.64 bits per heavy atom. The van der Waals surface area contributed by atoms with Crippen molar-refractivity contribution in [3.05, 3.63) is 75.7 Å². The third-order valence-corrected chi connectivity index (χ3v) is 4.24. The second-order valence-corrected chi connectivity index (χ2v) is 6.32. The molecule has 0 radical (unpaired) electrons. The summed E-state index contributed by atoms with van der Waals surface area (Å²) >= 11 is 0. The Balaban J connectivity index is 1.87. The highest BCUT2D eigenvalue weighted by atomic mass is 19.1. The van der Waals surface area contributed by atoms with E-state index in [1.165, 1.54) is 12.1 Å². The molecule has 1 saturated heterocycles. The fourth-order valence-electron chi connectivity index (χ4n) is 3.05. The Labute approximate surface area is 146 Å². The standard InChI is InChI=1S/C20H19FN2O2/c1-12-8-13(2)17(14(3)9-12)10-18-19(24)23(20(25)22-18)11-15-4-6-16(21)7-5-15/h4-10H,11H2,1-3H3,(H,22,25). The van der Waals surface area contributed by atoms with Gasteiger partial charge in [0.25, 0.3) is 5.91 Å². The lowest BCUT2D eigenvalue weighted by Gasteiger charge is -2.11. The van der Waals surface area contributed by atoms with Crippen LogP contribution in [0.15, 0.2) is 42.1 Å². The molecule has 1 N–H and O–H groups in total. The van der Waals surface area contributed by atoms with Crippen LogP contribution in [0.1, 0.15) is 27.8 Å². The van der Waals surface area contributed by atoms with Crippen LogP contribution >= 0.6 is 0 Å². The third kappa shape index (κ3) is 3.45. The van der Waals surface area contributed by atoms with Crippen LogP contribution < -0.4 is 5.32 Å². The van der Waals surface area contributed by atoms with Crippen molar-refractivity contribution in [2.75, 3.05) is 0 Å². The van der Waals surface area contributed by atoms with Gasteiger partial charge in [-0.2, -0.15) is 0 Å². The first kappa shape index (κ1) is 16.9. The highest BCUT2D eigenvalue weighted by molar-refractivity contribution is 6.14. The van der Waals surface area contributed by atoms with E-state index in [9.17, 15) is 14.0 Å². The second-order valence-electron chi connectivity index (χ2n) is 6.32. The van der Waals surface area contributed by atoms with Crippen molar-refractivity contribution in [1.82, 2.24) is 10.2 Å². The topological polar surface area (TPSA) is 49.4 Å². The molecule has 3 rings (SSSR count). The molecule has 2 aromatic carbocycles. The molecule has 1 fully saturated rings. The number of benzene rings is 2. The number of urea groups is 1. The summed E-state index contributed by atoms with van der Waals surface area (Å²) in [5.74, 6) is -0.736. The van der Waals surface area contributed by atoms with Gasteiger partial charge in [-0.25, -0.2) is 9.18 Å². The van der Waals surface area contributed by atoms with Gasteiger partial charge >= 0.3 is 6.03 Å². The van der Waals surface area contributed by atoms with Crippen LogP contribution in [-0.4, -0.2) is 16.8 Å². The Hall–Kier alpha value is -2.95. The van der Waals surface area contributed by atoms with Gasteiger partial charge in [0, 0.05) is 0 Å². The number of hydrogen-bond acceptors (Lipinski definition) is 2. The monoisotopic (exact) mass is 338 g/mol. The van der Waals surface area contributed by atoms with E-state index in [-0.39, 0.29) is 24.0 Å². The van der Waals surface area contributed by atoms with Crippen molar-refractivity contribution >= 4 is 18.0 Å². The van der Waals surface area contributed by atoms with Crippen LogP contribution in [0, 0.1) is 26.6 Å². The number of amides is 3. The van der Waals surface area contributed by atoms with Crippen LogP contribution in [0.3, 0.4) is 0 Å². The molecule has 0 bridgehead atoms. The summed E-state index contributed by atoms with van der Waals surface area (Å²) in [5.41, 5.74) is 5.11. The molecule has 128 valence electrons. The number of rotatable bonds is 3. The highest BCUT2D eigenvalue weighted by Gasteiger charge is 2.33. The third-order valence-electron chi connectivity index (χ3n) is 4.24. The normalized spacial score (nSPS) is 15.8. The largest absolute Gasteiger partial charge is 0.329 e. The van der Waals surface area contributed by atoms with Gasteiger partial charge in [0.1, 0.15) is 11.5 Å². The lowest BCUT2D eigenvalue weighted by molar-refractivity contribution is -0.123. The zero-order valence-corrected chi connectivity index (χ0v) is 14.4. The molecule has 0 unspecified atom stereocenters. The molecule has 25 heavy (non-hydrogen) atoms. The first-order chi connectivity index (χ1) is 11.8. The highest BCUT2D eigenvalue weighted by Crippen LogP contribution is 2.22. The first-order valence-corrected chi connectivity index (χ1v) is 8.02. The van der Waals surface area contributed by atoms with E-state index >= 15 is 0 Å². The van der Waals surface area contributed by atoms with E-state index < -0.39 is 6.03 Å². The van der Waals surface area contributed by atoms with Gasteiger partial charge in [0.2, 0.25) is 0 Å². The molecule has 0 aromatic heterocycles. The lowest BCUT2D eigenvalue weighted by Crippen LogP contribution is -2.30. The minimum atomic E-state index is -0.469. The van der Waals surface area contributed by atoms with Crippen LogP contribution in [0.2, 0.25) is 0 Å². The molecular weight excluding hydrogens is 319 g/mol. The van der Waals surface area contributed by atoms with Crippen molar-refractivity contribution in [3.63, 3.8) is 0 Å². The minimum Gasteiger partial charge on any atom is -0.303 e. The SMILES string of the molecule is Cc1cc(C)c(C=C2NC(=O)N(Cc3ccc(F)cc3)C2=O)c(C)c1. The predicted molar refractivity (Wildman–Crippen MR) is 94.1 cm³/mol. The average Bonchev–Trinajstić information content (AvgIpc) is 2.80. The molecule has 5 heteroatoms. The van der Waals surface area contributed by atoms with Gasteiger partial charge in [0.05, 0.1) is 6.54 Å². The molecule has 0 aliphatic carbocycles. The van der Waals surface area contributed by atoms with Crippen molar-refractivity contribution in [2.45, 2.75) is 27.3 Å². The molecule has 1 aliphatic heterocycles. The molecular formula is C20H19FN2O2. The number of halogens is 1. The smallest absolute Gasteiger partial charge is 0.303 e. The van der Waals surface area contributed by atoms with Crippen LogP contribution in [0.5, 0.6) is 0 Å². The summed E-state index contributed by atoms with van der Waals surface area (Å²) in [7, 11) is 0. The summed E-state index contributed by atoms with van der Waals surface area (Å²) in [6.07, 6.45) is 1.72. The Kier molecular flexibility index (Phi) is 4.40. The minimum absolute atomic E-state index is 0.105. The van der Waals surface area contributed by atoms with E-state index in [1.54, 1.807) is 18.2 Å². The van der Waals surface area contributed by atoms with E-state index in [0.717, 1.165) is 27.2 Å². The fraction of sp³-hybridized carbons (Fsp3) is 0.200. The quantitative estimate of drug-likeness (QED) is 0.683. The number of aryl methyl sites for hydroxylation is 3. The Bertz CT molecular complexity index is 862. The van der Waals surface area contributed by atoms with E-state index in [0.29, 0.717) is 5.56 Å². The van der Waals surface area contributed by atoms with Gasteiger partial charge in [-0.3, -0.25) is 9.69 Å². The number of nitrogens with zero attached hydrogens (tertiary/aromatic N) is 1. The number of carbonyl (C=O) groups excluding carboxylic acids is 2. The fourth-order valence-corrected chi connectivity index (χ4v) is 3.05. The molecule has 1 heterocycles. The van der Waals surface area contributed by atoms with Gasteiger partial charge in [0.15, 0.2) is 0 Å². The maximum absolute atomic E-state index is 13.0. The molecule has 0 saturated carbocycles.